The second kappa shape index (κ2) is 5.42. The van der Waals surface area contributed by atoms with Crippen LogP contribution in [0.5, 0.6) is 5.88 Å². The number of hydrogen-bond donors (Lipinski definition) is 0. The van der Waals surface area contributed by atoms with Crippen LogP contribution >= 0.6 is 10.7 Å². The van der Waals surface area contributed by atoms with E-state index < -0.39 is 54.7 Å². The highest BCUT2D eigenvalue weighted by atomic mass is 35.7. The maximum atomic E-state index is 12.6. The van der Waals surface area contributed by atoms with Crippen LogP contribution in [0.4, 0.5) is 32.2 Å². The van der Waals surface area contributed by atoms with E-state index in [2.05, 4.69) is 9.72 Å². The van der Waals surface area contributed by atoms with Crippen LogP contribution in [0, 0.1) is 10.1 Å². The highest BCUT2D eigenvalue weighted by Gasteiger charge is 2.46. The number of pyridine rings is 1. The van der Waals surface area contributed by atoms with Crippen LogP contribution in [-0.2, 0) is 15.2 Å². The summed E-state index contributed by atoms with van der Waals surface area (Å²) in [6.45, 7) is 0. The first-order chi connectivity index (χ1) is 9.63. The number of rotatable bonds is 3. The first kappa shape index (κ1) is 18.2. The maximum absolute atomic E-state index is 12.6. The van der Waals surface area contributed by atoms with Gasteiger partial charge in [-0.25, -0.2) is 8.42 Å². The van der Waals surface area contributed by atoms with Crippen LogP contribution in [0.15, 0.2) is 11.0 Å². The molecule has 1 heterocycles. The Morgan fingerprint density at radius 2 is 1.73 bits per heavy atom. The summed E-state index contributed by atoms with van der Waals surface area (Å²) in [4.78, 5) is 9.57. The minimum Gasteiger partial charge on any atom is -0.366 e. The molecule has 0 saturated carbocycles. The van der Waals surface area contributed by atoms with Crippen molar-refractivity contribution in [2.45, 2.75) is 17.4 Å². The summed E-state index contributed by atoms with van der Waals surface area (Å²) in [6.07, 6.45) is -11.2. The van der Waals surface area contributed by atoms with Gasteiger partial charge in [0.05, 0.1) is 0 Å². The van der Waals surface area contributed by atoms with Gasteiger partial charge in [-0.2, -0.15) is 13.2 Å². The van der Waals surface area contributed by atoms with Gasteiger partial charge in [0.25, 0.3) is 9.05 Å². The van der Waals surface area contributed by atoms with Crippen molar-refractivity contribution in [3.8, 4) is 5.88 Å². The molecule has 1 rings (SSSR count). The molecule has 0 aliphatic heterocycles. The topological polar surface area (TPSA) is 99.4 Å². The van der Waals surface area contributed by atoms with Gasteiger partial charge in [0, 0.05) is 15.7 Å². The van der Waals surface area contributed by atoms with E-state index in [-0.39, 0.29) is 0 Å². The fourth-order valence-electron chi connectivity index (χ4n) is 1.17. The molecule has 0 fully saturated rings. The molecule has 0 spiro atoms. The summed E-state index contributed by atoms with van der Waals surface area (Å²) < 4.78 is 99.0. The van der Waals surface area contributed by atoms with Gasteiger partial charge >= 0.3 is 24.2 Å². The van der Waals surface area contributed by atoms with Gasteiger partial charge in [-0.1, -0.05) is 0 Å². The quantitative estimate of drug-likeness (QED) is 0.349. The van der Waals surface area contributed by atoms with Crippen LogP contribution in [0.2, 0.25) is 0 Å². The SMILES string of the molecule is O=[N+]([O-])c1nc(OC(F)(F)F)c(C(F)(F)F)cc1S(=O)(=O)Cl. The van der Waals surface area contributed by atoms with Crippen LogP contribution in [-0.4, -0.2) is 24.7 Å². The minimum absolute atomic E-state index is 0.464. The standard InChI is InChI=1S/C7HClF6N2O5S/c8-22(19,20)3-1-2(6(9,10)11)5(21-7(12,13)14)15-4(3)16(17)18/h1H. The molecule has 0 saturated heterocycles. The molecular weight excluding hydrogens is 374 g/mol. The van der Waals surface area contributed by atoms with E-state index in [0.717, 1.165) is 0 Å². The molecule has 0 aliphatic carbocycles. The third-order valence-corrected chi connectivity index (χ3v) is 3.21. The molecule has 0 N–H and O–H groups in total. The Kier molecular flexibility index (Phi) is 4.49. The van der Waals surface area contributed by atoms with Crippen molar-refractivity contribution in [1.29, 1.82) is 0 Å². The predicted octanol–water partition coefficient (Wildman–Crippen LogP) is 2.83. The Bertz CT molecular complexity index is 715. The number of halogens is 7. The Morgan fingerprint density at radius 3 is 2.05 bits per heavy atom. The van der Waals surface area contributed by atoms with Gasteiger partial charge in [0.2, 0.25) is 0 Å². The zero-order valence-electron chi connectivity index (χ0n) is 9.57. The van der Waals surface area contributed by atoms with Crippen molar-refractivity contribution in [1.82, 2.24) is 4.98 Å². The predicted molar refractivity (Wildman–Crippen MR) is 55.6 cm³/mol. The van der Waals surface area contributed by atoms with Crippen molar-refractivity contribution in [3.63, 3.8) is 0 Å². The Hall–Kier alpha value is -1.83. The van der Waals surface area contributed by atoms with Gasteiger partial charge < -0.3 is 14.9 Å². The molecule has 1 aromatic rings. The molecule has 15 heteroatoms. The molecule has 0 radical (unpaired) electrons. The second-order valence-electron chi connectivity index (χ2n) is 3.40. The van der Waals surface area contributed by atoms with Gasteiger partial charge in [-0.15, -0.1) is 13.2 Å². The molecule has 0 aromatic carbocycles. The van der Waals surface area contributed by atoms with Crippen LogP contribution in [0.25, 0.3) is 0 Å². The number of nitro groups is 1. The zero-order valence-corrected chi connectivity index (χ0v) is 11.1. The van der Waals surface area contributed by atoms with Gasteiger partial charge in [0.15, 0.2) is 4.90 Å². The molecule has 0 atom stereocenters. The third-order valence-electron chi connectivity index (χ3n) is 1.89. The first-order valence-corrected chi connectivity index (χ1v) is 6.91. The van der Waals surface area contributed by atoms with E-state index in [4.69, 9.17) is 10.7 Å². The molecule has 0 amide bonds. The van der Waals surface area contributed by atoms with E-state index in [1.54, 1.807) is 0 Å². The largest absolute Gasteiger partial charge is 0.575 e. The summed E-state index contributed by atoms with van der Waals surface area (Å²) in [7, 11) is -0.378. The average molecular weight is 375 g/mol. The number of nitrogens with zero attached hydrogens (tertiary/aromatic N) is 2. The molecule has 22 heavy (non-hydrogen) atoms. The van der Waals surface area contributed by atoms with Crippen molar-refractivity contribution >= 4 is 25.6 Å². The zero-order chi connectivity index (χ0) is 17.5. The average Bonchev–Trinajstić information content (AvgIpc) is 2.22. The van der Waals surface area contributed by atoms with Gasteiger partial charge in [-0.05, 0) is 11.0 Å². The lowest BCUT2D eigenvalue weighted by Crippen LogP contribution is -2.22. The normalized spacial score (nSPS) is 13.0. The molecule has 7 nitrogen and oxygen atoms in total. The fourth-order valence-corrected chi connectivity index (χ4v) is 2.11. The van der Waals surface area contributed by atoms with Crippen molar-refractivity contribution in [3.05, 3.63) is 21.7 Å². The van der Waals surface area contributed by atoms with Crippen LogP contribution in [0.3, 0.4) is 0 Å². The lowest BCUT2D eigenvalue weighted by molar-refractivity contribution is -0.393. The van der Waals surface area contributed by atoms with Crippen molar-refractivity contribution < 1.29 is 44.4 Å². The first-order valence-electron chi connectivity index (χ1n) is 4.60. The van der Waals surface area contributed by atoms with E-state index in [9.17, 15) is 44.9 Å². The van der Waals surface area contributed by atoms with Gasteiger partial charge in [0.1, 0.15) is 5.56 Å². The molecular formula is C7HClF6N2O5S. The van der Waals surface area contributed by atoms with Crippen molar-refractivity contribution in [2.24, 2.45) is 0 Å². The van der Waals surface area contributed by atoms with Crippen LogP contribution in [0.1, 0.15) is 5.56 Å². The highest BCUT2D eigenvalue weighted by Crippen LogP contribution is 2.41. The number of ether oxygens (including phenoxy) is 1. The molecule has 0 bridgehead atoms. The van der Waals surface area contributed by atoms with Crippen molar-refractivity contribution in [2.75, 3.05) is 0 Å². The molecule has 0 unspecified atom stereocenters. The maximum Gasteiger partial charge on any atom is 0.575 e. The molecule has 0 aliphatic rings. The monoisotopic (exact) mass is 374 g/mol. The molecule has 124 valence electrons. The highest BCUT2D eigenvalue weighted by molar-refractivity contribution is 8.13. The third kappa shape index (κ3) is 4.33. The lowest BCUT2D eigenvalue weighted by Gasteiger charge is -2.12. The second-order valence-corrected chi connectivity index (χ2v) is 5.94. The Labute approximate surface area is 121 Å². The van der Waals surface area contributed by atoms with E-state index in [1.165, 1.54) is 0 Å². The molecule has 1 aromatic heterocycles. The Balaban J connectivity index is 3.78. The summed E-state index contributed by atoms with van der Waals surface area (Å²) in [5.41, 5.74) is -2.30. The minimum atomic E-state index is -5.65. The summed E-state index contributed by atoms with van der Waals surface area (Å²) >= 11 is 0. The summed E-state index contributed by atoms with van der Waals surface area (Å²) in [5, 5.41) is 10.5. The van der Waals surface area contributed by atoms with Crippen LogP contribution < -0.4 is 4.74 Å². The lowest BCUT2D eigenvalue weighted by atomic mass is 10.2. The summed E-state index contributed by atoms with van der Waals surface area (Å²) in [5.74, 6) is -4.07. The number of alkyl halides is 6. The van der Waals surface area contributed by atoms with E-state index >= 15 is 0 Å². The Morgan fingerprint density at radius 1 is 1.23 bits per heavy atom. The number of aromatic nitrogens is 1. The smallest absolute Gasteiger partial charge is 0.366 e. The number of hydrogen-bond acceptors (Lipinski definition) is 6. The van der Waals surface area contributed by atoms with E-state index in [1.807, 2.05) is 0 Å². The van der Waals surface area contributed by atoms with E-state index in [0.29, 0.717) is 0 Å². The van der Waals surface area contributed by atoms with Gasteiger partial charge in [-0.3, -0.25) is 0 Å². The fraction of sp³-hybridized carbons (Fsp3) is 0.286. The summed E-state index contributed by atoms with van der Waals surface area (Å²) in [6, 6.07) is -0.464.